The molecule has 146 valence electrons. The first-order valence-corrected chi connectivity index (χ1v) is 9.61. The highest BCUT2D eigenvalue weighted by Gasteiger charge is 2.25. The van der Waals surface area contributed by atoms with E-state index in [1.54, 1.807) is 0 Å². The molecule has 2 aliphatic heterocycles. The number of nitrogens with zero attached hydrogens (tertiary/aromatic N) is 3. The number of anilines is 1. The number of nitrogens with one attached hydrogen (secondary N) is 2. The lowest BCUT2D eigenvalue weighted by molar-refractivity contribution is 0.0948. The molecule has 1 fully saturated rings. The van der Waals surface area contributed by atoms with Crippen molar-refractivity contribution in [2.24, 2.45) is 0 Å². The Morgan fingerprint density at radius 1 is 1.33 bits per heavy atom. The summed E-state index contributed by atoms with van der Waals surface area (Å²) in [6.45, 7) is 5.67. The van der Waals surface area contributed by atoms with Crippen LogP contribution in [0.4, 0.5) is 5.69 Å². The van der Waals surface area contributed by atoms with Crippen LogP contribution in [0.5, 0.6) is 0 Å². The summed E-state index contributed by atoms with van der Waals surface area (Å²) in [5, 5.41) is 10.9. The van der Waals surface area contributed by atoms with Gasteiger partial charge in [0.15, 0.2) is 0 Å². The third-order valence-corrected chi connectivity index (χ3v) is 5.47. The van der Waals surface area contributed by atoms with Gasteiger partial charge in [-0.3, -0.25) is 9.48 Å². The zero-order valence-corrected chi connectivity index (χ0v) is 16.5. The van der Waals surface area contributed by atoms with E-state index in [-0.39, 0.29) is 18.3 Å². The van der Waals surface area contributed by atoms with Gasteiger partial charge in [0.05, 0.1) is 6.04 Å². The second kappa shape index (κ2) is 8.76. The zero-order chi connectivity index (χ0) is 17.9. The molecule has 4 rings (SSSR count). The van der Waals surface area contributed by atoms with E-state index in [9.17, 15) is 4.79 Å². The minimum Gasteiger partial charge on any atom is -0.367 e. The predicted octanol–water partition coefficient (Wildman–Crippen LogP) is 2.41. The lowest BCUT2D eigenvalue weighted by Gasteiger charge is -2.25. The van der Waals surface area contributed by atoms with Crippen LogP contribution < -0.4 is 15.5 Å². The van der Waals surface area contributed by atoms with Crippen molar-refractivity contribution in [1.82, 2.24) is 20.4 Å². The van der Waals surface area contributed by atoms with Crippen molar-refractivity contribution in [2.45, 2.75) is 38.3 Å². The normalized spacial score (nSPS) is 21.4. The molecule has 27 heavy (non-hydrogen) atoms. The van der Waals surface area contributed by atoms with Crippen molar-refractivity contribution in [3.05, 3.63) is 47.8 Å². The fourth-order valence-electron chi connectivity index (χ4n) is 4.07. The summed E-state index contributed by atoms with van der Waals surface area (Å²) in [6, 6.07) is 11.2. The lowest BCUT2D eigenvalue weighted by atomic mass is 10.1. The molecule has 3 heterocycles. The predicted molar refractivity (Wildman–Crippen MR) is 110 cm³/mol. The Bertz CT molecular complexity index is 771. The number of benzene rings is 1. The van der Waals surface area contributed by atoms with E-state index in [1.165, 1.54) is 11.3 Å². The highest BCUT2D eigenvalue weighted by atomic mass is 35.5. The Balaban J connectivity index is 0.00000210. The number of carbonyl (C=O) groups excluding carboxylic acids is 1. The molecule has 1 saturated heterocycles. The SMILES string of the molecule is CC1Cc2ccccc2N1CCNC(=O)c1ccn(C2CCCNC2)n1.Cl. The van der Waals surface area contributed by atoms with Gasteiger partial charge in [0.1, 0.15) is 5.69 Å². The third kappa shape index (κ3) is 4.28. The highest BCUT2D eigenvalue weighted by molar-refractivity contribution is 5.92. The summed E-state index contributed by atoms with van der Waals surface area (Å²) in [4.78, 5) is 14.8. The van der Waals surface area contributed by atoms with Crippen LogP contribution in [0.25, 0.3) is 0 Å². The van der Waals surface area contributed by atoms with Crippen molar-refractivity contribution in [1.29, 1.82) is 0 Å². The molecule has 1 aromatic carbocycles. The van der Waals surface area contributed by atoms with Crippen LogP contribution in [0.1, 0.15) is 41.9 Å². The Labute approximate surface area is 166 Å². The number of rotatable bonds is 5. The molecule has 2 atom stereocenters. The van der Waals surface area contributed by atoms with Gasteiger partial charge in [0.2, 0.25) is 0 Å². The summed E-state index contributed by atoms with van der Waals surface area (Å²) in [5.41, 5.74) is 3.19. The van der Waals surface area contributed by atoms with E-state index in [0.29, 0.717) is 24.3 Å². The first-order valence-electron chi connectivity index (χ1n) is 9.61. The number of carbonyl (C=O) groups is 1. The minimum atomic E-state index is -0.0901. The minimum absolute atomic E-state index is 0. The van der Waals surface area contributed by atoms with E-state index < -0.39 is 0 Å². The summed E-state index contributed by atoms with van der Waals surface area (Å²) in [5.74, 6) is -0.0901. The Morgan fingerprint density at radius 3 is 3.00 bits per heavy atom. The Hall–Kier alpha value is -2.05. The fourth-order valence-corrected chi connectivity index (χ4v) is 4.07. The van der Waals surface area contributed by atoms with Crippen LogP contribution in [0.2, 0.25) is 0 Å². The van der Waals surface area contributed by atoms with Crippen molar-refractivity contribution in [3.8, 4) is 0 Å². The second-order valence-electron chi connectivity index (χ2n) is 7.31. The monoisotopic (exact) mass is 389 g/mol. The Kier molecular flexibility index (Phi) is 6.39. The standard InChI is InChI=1S/C20H27N5O.ClH/c1-15-13-16-5-2-3-7-19(16)24(15)12-10-22-20(26)18-8-11-25(23-18)17-6-4-9-21-14-17;/h2-3,5,7-8,11,15,17,21H,4,6,9-10,12-14H2,1H3,(H,22,26);1H. The van der Waals surface area contributed by atoms with Crippen molar-refractivity contribution >= 4 is 24.0 Å². The van der Waals surface area contributed by atoms with Gasteiger partial charge in [-0.25, -0.2) is 0 Å². The van der Waals surface area contributed by atoms with Gasteiger partial charge in [-0.15, -0.1) is 12.4 Å². The van der Waals surface area contributed by atoms with Gasteiger partial charge in [0, 0.05) is 37.6 Å². The molecule has 2 aliphatic rings. The summed E-state index contributed by atoms with van der Waals surface area (Å²) in [7, 11) is 0. The van der Waals surface area contributed by atoms with Gasteiger partial charge in [0.25, 0.3) is 5.91 Å². The average Bonchev–Trinajstić information content (AvgIpc) is 3.28. The molecular weight excluding hydrogens is 362 g/mol. The number of amides is 1. The largest absolute Gasteiger partial charge is 0.367 e. The average molecular weight is 390 g/mol. The Morgan fingerprint density at radius 2 is 2.19 bits per heavy atom. The van der Waals surface area contributed by atoms with Crippen LogP contribution in [0.3, 0.4) is 0 Å². The first kappa shape index (κ1) is 19.7. The molecule has 0 spiro atoms. The molecule has 0 bridgehead atoms. The lowest BCUT2D eigenvalue weighted by Crippen LogP contribution is -2.38. The van der Waals surface area contributed by atoms with E-state index in [4.69, 9.17) is 0 Å². The van der Waals surface area contributed by atoms with E-state index in [0.717, 1.165) is 38.9 Å². The quantitative estimate of drug-likeness (QED) is 0.824. The maximum Gasteiger partial charge on any atom is 0.271 e. The zero-order valence-electron chi connectivity index (χ0n) is 15.7. The van der Waals surface area contributed by atoms with E-state index in [1.807, 2.05) is 16.9 Å². The number of hydrogen-bond acceptors (Lipinski definition) is 4. The topological polar surface area (TPSA) is 62.2 Å². The van der Waals surface area contributed by atoms with Crippen LogP contribution in [0, 0.1) is 0 Å². The maximum atomic E-state index is 12.4. The van der Waals surface area contributed by atoms with Crippen LogP contribution in [-0.4, -0.2) is 47.9 Å². The van der Waals surface area contributed by atoms with Gasteiger partial charge >= 0.3 is 0 Å². The molecule has 7 heteroatoms. The molecule has 2 N–H and O–H groups in total. The van der Waals surface area contributed by atoms with E-state index in [2.05, 4.69) is 51.8 Å². The molecule has 0 aliphatic carbocycles. The van der Waals surface area contributed by atoms with Crippen LogP contribution in [0.15, 0.2) is 36.5 Å². The van der Waals surface area contributed by atoms with Crippen molar-refractivity contribution in [2.75, 3.05) is 31.1 Å². The number of para-hydroxylation sites is 1. The number of aromatic nitrogens is 2. The molecule has 0 radical (unpaired) electrons. The maximum absolute atomic E-state index is 12.4. The highest BCUT2D eigenvalue weighted by Crippen LogP contribution is 2.31. The molecule has 0 saturated carbocycles. The smallest absolute Gasteiger partial charge is 0.271 e. The summed E-state index contributed by atoms with van der Waals surface area (Å²) < 4.78 is 1.93. The van der Waals surface area contributed by atoms with Gasteiger partial charge in [-0.2, -0.15) is 5.10 Å². The third-order valence-electron chi connectivity index (χ3n) is 5.47. The molecular formula is C20H28ClN5O. The number of fused-ring (bicyclic) bond motifs is 1. The summed E-state index contributed by atoms with van der Waals surface area (Å²) in [6.07, 6.45) is 5.26. The summed E-state index contributed by atoms with van der Waals surface area (Å²) >= 11 is 0. The number of piperidine rings is 1. The molecule has 2 unspecified atom stereocenters. The number of halogens is 1. The molecule has 6 nitrogen and oxygen atoms in total. The molecule has 2 aromatic rings. The van der Waals surface area contributed by atoms with Crippen molar-refractivity contribution < 1.29 is 4.79 Å². The van der Waals surface area contributed by atoms with Gasteiger partial charge < -0.3 is 15.5 Å². The molecule has 1 aromatic heterocycles. The van der Waals surface area contributed by atoms with Crippen molar-refractivity contribution in [3.63, 3.8) is 0 Å². The molecule has 1 amide bonds. The van der Waals surface area contributed by atoms with Gasteiger partial charge in [-0.05, 0) is 50.4 Å². The second-order valence-corrected chi connectivity index (χ2v) is 7.31. The number of hydrogen-bond donors (Lipinski definition) is 2. The fraction of sp³-hybridized carbons (Fsp3) is 0.500. The van der Waals surface area contributed by atoms with Crippen LogP contribution in [-0.2, 0) is 6.42 Å². The van der Waals surface area contributed by atoms with Gasteiger partial charge in [-0.1, -0.05) is 18.2 Å². The van der Waals surface area contributed by atoms with Crippen LogP contribution >= 0.6 is 12.4 Å². The first-order chi connectivity index (χ1) is 12.7. The van der Waals surface area contributed by atoms with E-state index >= 15 is 0 Å².